The van der Waals surface area contributed by atoms with Gasteiger partial charge in [0.15, 0.2) is 0 Å². The Labute approximate surface area is 122 Å². The second-order valence-electron chi connectivity index (χ2n) is 4.86. The van der Waals surface area contributed by atoms with E-state index in [4.69, 9.17) is 11.6 Å². The number of nitrogens with zero attached hydrogens (tertiary/aromatic N) is 2. The van der Waals surface area contributed by atoms with E-state index in [1.807, 2.05) is 54.0 Å². The van der Waals surface area contributed by atoms with Gasteiger partial charge in [-0.3, -0.25) is 0 Å². The van der Waals surface area contributed by atoms with Crippen LogP contribution in [0, 0.1) is 6.92 Å². The van der Waals surface area contributed by atoms with Crippen LogP contribution < -0.4 is 0 Å². The predicted octanol–water partition coefficient (Wildman–Crippen LogP) is 3.54. The largest absolute Gasteiger partial charge is 0.388 e. The summed E-state index contributed by atoms with van der Waals surface area (Å²) in [6.45, 7) is 2.55. The van der Waals surface area contributed by atoms with Gasteiger partial charge in [0.05, 0.1) is 17.6 Å². The number of benzene rings is 2. The van der Waals surface area contributed by atoms with Gasteiger partial charge in [0.1, 0.15) is 12.4 Å². The lowest BCUT2D eigenvalue weighted by Crippen LogP contribution is -2.05. The molecule has 0 spiro atoms. The van der Waals surface area contributed by atoms with Crippen LogP contribution in [0.5, 0.6) is 0 Å². The van der Waals surface area contributed by atoms with E-state index in [9.17, 15) is 5.11 Å². The minimum Gasteiger partial charge on any atom is -0.388 e. The third-order valence-electron chi connectivity index (χ3n) is 3.41. The first-order valence-electron chi connectivity index (χ1n) is 6.49. The number of halogens is 1. The summed E-state index contributed by atoms with van der Waals surface area (Å²) < 4.78 is 2.01. The van der Waals surface area contributed by atoms with E-state index >= 15 is 0 Å². The standard InChI is InChI=1S/C16H15ClN2O/c1-11-6-7-15-14(8-11)18-16(10-20)19(15)9-12-4-2-3-5-13(12)17/h2-8,20H,9-10H2,1H3. The van der Waals surface area contributed by atoms with Crippen molar-refractivity contribution in [2.24, 2.45) is 0 Å². The van der Waals surface area contributed by atoms with Crippen LogP contribution in [-0.2, 0) is 13.2 Å². The van der Waals surface area contributed by atoms with E-state index in [0.717, 1.165) is 27.2 Å². The van der Waals surface area contributed by atoms with Gasteiger partial charge in [-0.15, -0.1) is 0 Å². The van der Waals surface area contributed by atoms with Gasteiger partial charge in [-0.25, -0.2) is 4.98 Å². The first-order chi connectivity index (χ1) is 9.69. The maximum atomic E-state index is 9.52. The molecule has 3 nitrogen and oxygen atoms in total. The van der Waals surface area contributed by atoms with Gasteiger partial charge in [0, 0.05) is 5.02 Å². The van der Waals surface area contributed by atoms with Crippen LogP contribution in [0.3, 0.4) is 0 Å². The van der Waals surface area contributed by atoms with Crippen molar-refractivity contribution < 1.29 is 5.11 Å². The first kappa shape index (κ1) is 13.2. The molecule has 0 fully saturated rings. The van der Waals surface area contributed by atoms with Gasteiger partial charge in [0.25, 0.3) is 0 Å². The molecule has 0 amide bonds. The van der Waals surface area contributed by atoms with Crippen LogP contribution in [0.1, 0.15) is 17.0 Å². The number of aliphatic hydroxyl groups excluding tert-OH is 1. The van der Waals surface area contributed by atoms with E-state index in [0.29, 0.717) is 12.4 Å². The highest BCUT2D eigenvalue weighted by Gasteiger charge is 2.11. The topological polar surface area (TPSA) is 38.1 Å². The van der Waals surface area contributed by atoms with E-state index in [1.54, 1.807) is 0 Å². The van der Waals surface area contributed by atoms with Crippen molar-refractivity contribution in [2.75, 3.05) is 0 Å². The summed E-state index contributed by atoms with van der Waals surface area (Å²) >= 11 is 6.22. The fourth-order valence-electron chi connectivity index (χ4n) is 2.38. The molecule has 20 heavy (non-hydrogen) atoms. The lowest BCUT2D eigenvalue weighted by Gasteiger charge is -2.09. The Balaban J connectivity index is 2.12. The monoisotopic (exact) mass is 286 g/mol. The molecule has 0 aliphatic carbocycles. The summed E-state index contributed by atoms with van der Waals surface area (Å²) in [6, 6.07) is 13.8. The average molecular weight is 287 g/mol. The molecule has 0 bridgehead atoms. The van der Waals surface area contributed by atoms with Crippen LogP contribution in [0.2, 0.25) is 5.02 Å². The summed E-state index contributed by atoms with van der Waals surface area (Å²) in [7, 11) is 0. The predicted molar refractivity (Wildman–Crippen MR) is 80.9 cm³/mol. The zero-order chi connectivity index (χ0) is 14.1. The van der Waals surface area contributed by atoms with Crippen molar-refractivity contribution in [3.63, 3.8) is 0 Å². The average Bonchev–Trinajstić information content (AvgIpc) is 2.78. The van der Waals surface area contributed by atoms with Crippen molar-refractivity contribution in [3.8, 4) is 0 Å². The Morgan fingerprint density at radius 3 is 2.75 bits per heavy atom. The highest BCUT2D eigenvalue weighted by atomic mass is 35.5. The molecule has 0 aliphatic rings. The van der Waals surface area contributed by atoms with Crippen LogP contribution in [0.4, 0.5) is 0 Å². The minimum atomic E-state index is -0.0851. The number of hydrogen-bond acceptors (Lipinski definition) is 2. The van der Waals surface area contributed by atoms with Gasteiger partial charge in [0.2, 0.25) is 0 Å². The molecular formula is C16H15ClN2O. The first-order valence-corrected chi connectivity index (χ1v) is 6.87. The molecule has 3 aromatic rings. The van der Waals surface area contributed by atoms with Crippen molar-refractivity contribution >= 4 is 22.6 Å². The fraction of sp³-hybridized carbons (Fsp3) is 0.188. The van der Waals surface area contributed by atoms with E-state index in [2.05, 4.69) is 4.98 Å². The second kappa shape index (κ2) is 5.27. The quantitative estimate of drug-likeness (QED) is 0.800. The molecule has 0 saturated heterocycles. The molecule has 102 valence electrons. The van der Waals surface area contributed by atoms with Crippen molar-refractivity contribution in [1.29, 1.82) is 0 Å². The number of aliphatic hydroxyl groups is 1. The molecule has 2 aromatic carbocycles. The van der Waals surface area contributed by atoms with Gasteiger partial charge in [-0.05, 0) is 36.2 Å². The van der Waals surface area contributed by atoms with Crippen LogP contribution in [0.25, 0.3) is 11.0 Å². The van der Waals surface area contributed by atoms with Crippen molar-refractivity contribution in [2.45, 2.75) is 20.1 Å². The highest BCUT2D eigenvalue weighted by Crippen LogP contribution is 2.22. The molecule has 3 rings (SSSR count). The highest BCUT2D eigenvalue weighted by molar-refractivity contribution is 6.31. The zero-order valence-electron chi connectivity index (χ0n) is 11.2. The zero-order valence-corrected chi connectivity index (χ0v) is 11.9. The summed E-state index contributed by atoms with van der Waals surface area (Å²) in [5.74, 6) is 0.658. The molecule has 0 aliphatic heterocycles. The lowest BCUT2D eigenvalue weighted by atomic mass is 10.2. The summed E-state index contributed by atoms with van der Waals surface area (Å²) in [5.41, 5.74) is 4.09. The SMILES string of the molecule is Cc1ccc2c(c1)nc(CO)n2Cc1ccccc1Cl. The normalized spacial score (nSPS) is 11.2. The lowest BCUT2D eigenvalue weighted by molar-refractivity contribution is 0.267. The summed E-state index contributed by atoms with van der Waals surface area (Å²) in [5, 5.41) is 10.2. The molecule has 4 heteroatoms. The van der Waals surface area contributed by atoms with E-state index in [1.165, 1.54) is 0 Å². The smallest absolute Gasteiger partial charge is 0.136 e. The second-order valence-corrected chi connectivity index (χ2v) is 5.26. The summed E-state index contributed by atoms with van der Waals surface area (Å²) in [4.78, 5) is 4.49. The molecule has 1 heterocycles. The fourth-order valence-corrected chi connectivity index (χ4v) is 2.58. The Morgan fingerprint density at radius 1 is 1.20 bits per heavy atom. The number of imidazole rings is 1. The van der Waals surface area contributed by atoms with Crippen LogP contribution in [-0.4, -0.2) is 14.7 Å². The third kappa shape index (κ3) is 2.30. The number of aryl methyl sites for hydroxylation is 1. The van der Waals surface area contributed by atoms with Crippen LogP contribution >= 0.6 is 11.6 Å². The van der Waals surface area contributed by atoms with Crippen LogP contribution in [0.15, 0.2) is 42.5 Å². The van der Waals surface area contributed by atoms with Gasteiger partial charge in [-0.1, -0.05) is 35.9 Å². The molecular weight excluding hydrogens is 272 g/mol. The van der Waals surface area contributed by atoms with Gasteiger partial charge < -0.3 is 9.67 Å². The van der Waals surface area contributed by atoms with Gasteiger partial charge >= 0.3 is 0 Å². The van der Waals surface area contributed by atoms with Crippen molar-refractivity contribution in [3.05, 3.63) is 64.4 Å². The molecule has 1 aromatic heterocycles. The summed E-state index contributed by atoms with van der Waals surface area (Å²) in [6.07, 6.45) is 0. The molecule has 0 atom stereocenters. The maximum Gasteiger partial charge on any atom is 0.136 e. The third-order valence-corrected chi connectivity index (χ3v) is 3.78. The van der Waals surface area contributed by atoms with E-state index in [-0.39, 0.29) is 6.61 Å². The Kier molecular flexibility index (Phi) is 3.47. The molecule has 0 radical (unpaired) electrons. The maximum absolute atomic E-state index is 9.52. The van der Waals surface area contributed by atoms with Gasteiger partial charge in [-0.2, -0.15) is 0 Å². The number of aromatic nitrogens is 2. The number of fused-ring (bicyclic) bond motifs is 1. The molecule has 1 N–H and O–H groups in total. The minimum absolute atomic E-state index is 0.0851. The Hall–Kier alpha value is -1.84. The molecule has 0 unspecified atom stereocenters. The number of hydrogen-bond donors (Lipinski definition) is 1. The van der Waals surface area contributed by atoms with Crippen molar-refractivity contribution in [1.82, 2.24) is 9.55 Å². The molecule has 0 saturated carbocycles. The van der Waals surface area contributed by atoms with E-state index < -0.39 is 0 Å². The Morgan fingerprint density at radius 2 is 2.00 bits per heavy atom. The number of rotatable bonds is 3. The Bertz CT molecular complexity index is 764.